The summed E-state index contributed by atoms with van der Waals surface area (Å²) in [4.78, 5) is 6.43. The molecule has 1 fully saturated rings. The lowest BCUT2D eigenvalue weighted by Crippen LogP contribution is -2.32. The Morgan fingerprint density at radius 3 is 2.73 bits per heavy atom. The highest BCUT2D eigenvalue weighted by atomic mass is 15.1. The number of amidine groups is 1. The molecule has 0 bridgehead atoms. The number of nitrogens with one attached hydrogen (secondary N) is 1. The molecule has 3 N–H and O–H groups in total. The third-order valence-corrected chi connectivity index (χ3v) is 2.74. The fourth-order valence-corrected chi connectivity index (χ4v) is 1.99. The van der Waals surface area contributed by atoms with Gasteiger partial charge in [-0.25, -0.2) is 0 Å². The van der Waals surface area contributed by atoms with Crippen LogP contribution in [0, 0.1) is 5.41 Å². The molecule has 0 unspecified atom stereocenters. The van der Waals surface area contributed by atoms with Crippen LogP contribution in [0.2, 0.25) is 0 Å². The van der Waals surface area contributed by atoms with Gasteiger partial charge in [0.25, 0.3) is 0 Å². The van der Waals surface area contributed by atoms with Crippen LogP contribution in [0.5, 0.6) is 0 Å². The average Bonchev–Trinajstić information content (AvgIpc) is 2.30. The molecule has 1 aromatic rings. The number of anilines is 1. The van der Waals surface area contributed by atoms with E-state index in [0.717, 1.165) is 18.8 Å². The van der Waals surface area contributed by atoms with E-state index in [1.165, 1.54) is 19.3 Å². The van der Waals surface area contributed by atoms with Crippen LogP contribution < -0.4 is 10.6 Å². The molecular weight excluding hydrogens is 188 g/mol. The van der Waals surface area contributed by atoms with Crippen molar-refractivity contribution >= 4 is 11.5 Å². The van der Waals surface area contributed by atoms with Gasteiger partial charge in [0.1, 0.15) is 11.5 Å². The van der Waals surface area contributed by atoms with Crippen molar-refractivity contribution in [2.45, 2.75) is 19.3 Å². The normalized spacial score (nSPS) is 16.4. The van der Waals surface area contributed by atoms with E-state index in [1.807, 2.05) is 12.1 Å². The van der Waals surface area contributed by atoms with Gasteiger partial charge in [-0.1, -0.05) is 0 Å². The van der Waals surface area contributed by atoms with Gasteiger partial charge in [0.05, 0.1) is 5.69 Å². The molecule has 1 aromatic heterocycles. The van der Waals surface area contributed by atoms with E-state index in [0.29, 0.717) is 5.69 Å². The Hall–Kier alpha value is -1.58. The molecule has 15 heavy (non-hydrogen) atoms. The highest BCUT2D eigenvalue weighted by Crippen LogP contribution is 2.21. The Morgan fingerprint density at radius 2 is 2.07 bits per heavy atom. The molecule has 4 heteroatoms. The molecule has 0 aromatic carbocycles. The fraction of sp³-hybridized carbons (Fsp3) is 0.455. The number of aromatic nitrogens is 1. The fourth-order valence-electron chi connectivity index (χ4n) is 1.99. The Labute approximate surface area is 89.6 Å². The molecule has 1 saturated heterocycles. The number of rotatable bonds is 2. The Bertz CT molecular complexity index is 355. The molecule has 0 radical (unpaired) electrons. The van der Waals surface area contributed by atoms with Gasteiger partial charge in [0.2, 0.25) is 0 Å². The van der Waals surface area contributed by atoms with Crippen molar-refractivity contribution in [2.24, 2.45) is 5.73 Å². The van der Waals surface area contributed by atoms with Gasteiger partial charge in [-0.05, 0) is 31.4 Å². The van der Waals surface area contributed by atoms with Crippen molar-refractivity contribution in [1.82, 2.24) is 4.98 Å². The van der Waals surface area contributed by atoms with Crippen molar-refractivity contribution in [3.63, 3.8) is 0 Å². The van der Waals surface area contributed by atoms with E-state index >= 15 is 0 Å². The zero-order chi connectivity index (χ0) is 10.7. The van der Waals surface area contributed by atoms with Gasteiger partial charge in [0.15, 0.2) is 0 Å². The third kappa shape index (κ3) is 2.09. The summed E-state index contributed by atoms with van der Waals surface area (Å²) < 4.78 is 0. The molecule has 0 atom stereocenters. The Kier molecular flexibility index (Phi) is 2.85. The van der Waals surface area contributed by atoms with Crippen molar-refractivity contribution in [3.05, 3.63) is 24.0 Å². The predicted molar refractivity (Wildman–Crippen MR) is 61.3 cm³/mol. The Morgan fingerprint density at radius 1 is 1.33 bits per heavy atom. The quantitative estimate of drug-likeness (QED) is 0.564. The van der Waals surface area contributed by atoms with Crippen molar-refractivity contribution in [1.29, 1.82) is 5.41 Å². The minimum Gasteiger partial charge on any atom is -0.382 e. The van der Waals surface area contributed by atoms with Crippen LogP contribution in [0.25, 0.3) is 0 Å². The first-order valence-electron chi connectivity index (χ1n) is 5.33. The number of nitrogens with zero attached hydrogens (tertiary/aromatic N) is 2. The van der Waals surface area contributed by atoms with Crippen molar-refractivity contribution in [3.8, 4) is 0 Å². The zero-order valence-electron chi connectivity index (χ0n) is 8.74. The minimum atomic E-state index is 0.0520. The lowest BCUT2D eigenvalue weighted by Gasteiger charge is -2.29. The molecule has 0 aliphatic carbocycles. The van der Waals surface area contributed by atoms with Crippen molar-refractivity contribution in [2.75, 3.05) is 18.0 Å². The van der Waals surface area contributed by atoms with Crippen molar-refractivity contribution < 1.29 is 0 Å². The summed E-state index contributed by atoms with van der Waals surface area (Å²) in [5.41, 5.74) is 7.13. The molecule has 4 nitrogen and oxygen atoms in total. The van der Waals surface area contributed by atoms with Gasteiger partial charge < -0.3 is 10.6 Å². The van der Waals surface area contributed by atoms with E-state index in [1.54, 1.807) is 6.20 Å². The number of nitrogens with two attached hydrogens (primary N) is 1. The second-order valence-electron chi connectivity index (χ2n) is 3.83. The molecular formula is C11H16N4. The van der Waals surface area contributed by atoms with Gasteiger partial charge in [-0.2, -0.15) is 0 Å². The van der Waals surface area contributed by atoms with Crippen LogP contribution in [-0.2, 0) is 0 Å². The summed E-state index contributed by atoms with van der Waals surface area (Å²) >= 11 is 0. The van der Waals surface area contributed by atoms with Gasteiger partial charge in [-0.15, -0.1) is 0 Å². The summed E-state index contributed by atoms with van der Waals surface area (Å²) in [6, 6.07) is 3.89. The summed E-state index contributed by atoms with van der Waals surface area (Å²) in [5, 5.41) is 7.48. The van der Waals surface area contributed by atoms with E-state index in [9.17, 15) is 0 Å². The summed E-state index contributed by atoms with van der Waals surface area (Å²) in [7, 11) is 0. The number of nitrogen functional groups attached to an aromatic ring is 1. The molecule has 2 rings (SSSR count). The van der Waals surface area contributed by atoms with E-state index in [4.69, 9.17) is 11.1 Å². The second kappa shape index (κ2) is 4.29. The van der Waals surface area contributed by atoms with Gasteiger partial charge in [-0.3, -0.25) is 10.4 Å². The highest BCUT2D eigenvalue weighted by Gasteiger charge is 2.15. The van der Waals surface area contributed by atoms with Crippen LogP contribution >= 0.6 is 0 Å². The van der Waals surface area contributed by atoms with Crippen LogP contribution in [0.4, 0.5) is 5.69 Å². The highest BCUT2D eigenvalue weighted by molar-refractivity contribution is 5.98. The maximum atomic E-state index is 7.48. The van der Waals surface area contributed by atoms with Crippen LogP contribution in [0.15, 0.2) is 18.3 Å². The van der Waals surface area contributed by atoms with Gasteiger partial charge >= 0.3 is 0 Å². The second-order valence-corrected chi connectivity index (χ2v) is 3.83. The predicted octanol–water partition coefficient (Wildman–Crippen LogP) is 1.36. The number of piperidine rings is 1. The molecule has 1 aliphatic rings. The number of pyridine rings is 1. The van der Waals surface area contributed by atoms with E-state index < -0.39 is 0 Å². The number of hydrogen-bond acceptors (Lipinski definition) is 3. The molecule has 2 heterocycles. The Balaban J connectivity index is 2.29. The lowest BCUT2D eigenvalue weighted by molar-refractivity contribution is 0.577. The smallest absolute Gasteiger partial charge is 0.143 e. The summed E-state index contributed by atoms with van der Waals surface area (Å²) in [6.07, 6.45) is 5.41. The topological polar surface area (TPSA) is 66.0 Å². The van der Waals surface area contributed by atoms with Crippen LogP contribution in [0.1, 0.15) is 25.0 Å². The average molecular weight is 204 g/mol. The minimum absolute atomic E-state index is 0.0520. The largest absolute Gasteiger partial charge is 0.382 e. The molecule has 0 spiro atoms. The van der Waals surface area contributed by atoms with Crippen LogP contribution in [0.3, 0.4) is 0 Å². The summed E-state index contributed by atoms with van der Waals surface area (Å²) in [6.45, 7) is 2.10. The first kappa shape index (κ1) is 9.96. The molecule has 1 aliphatic heterocycles. The SMILES string of the molecule is N=C(N)c1ncccc1N1CCCCC1. The first-order valence-corrected chi connectivity index (χ1v) is 5.33. The van der Waals surface area contributed by atoms with Crippen LogP contribution in [-0.4, -0.2) is 23.9 Å². The maximum Gasteiger partial charge on any atom is 0.143 e. The lowest BCUT2D eigenvalue weighted by atomic mass is 10.1. The molecule has 80 valence electrons. The maximum absolute atomic E-state index is 7.48. The third-order valence-electron chi connectivity index (χ3n) is 2.74. The van der Waals surface area contributed by atoms with Gasteiger partial charge in [0, 0.05) is 19.3 Å². The first-order chi connectivity index (χ1) is 7.29. The molecule has 0 amide bonds. The van der Waals surface area contributed by atoms with E-state index in [2.05, 4.69) is 9.88 Å². The number of hydrogen-bond donors (Lipinski definition) is 2. The zero-order valence-corrected chi connectivity index (χ0v) is 8.74. The standard InChI is InChI=1S/C11H16N4/c12-11(13)10-9(5-4-6-14-10)15-7-2-1-3-8-15/h4-6H,1-3,7-8H2,(H3,12,13). The summed E-state index contributed by atoms with van der Waals surface area (Å²) in [5.74, 6) is 0.0520. The molecule has 0 saturated carbocycles. The monoisotopic (exact) mass is 204 g/mol. The van der Waals surface area contributed by atoms with E-state index in [-0.39, 0.29) is 5.84 Å².